The van der Waals surface area contributed by atoms with Gasteiger partial charge in [-0.1, -0.05) is 6.92 Å². The van der Waals surface area contributed by atoms with Gasteiger partial charge >= 0.3 is 5.97 Å². The second-order valence-corrected chi connectivity index (χ2v) is 3.46. The zero-order chi connectivity index (χ0) is 8.15. The molecule has 0 fully saturated rings. The summed E-state index contributed by atoms with van der Waals surface area (Å²) in [6.07, 6.45) is 0.991. The molecule has 10 heavy (non-hydrogen) atoms. The molecule has 2 unspecified atom stereocenters. The Hall–Kier alpha value is -0.240. The number of aliphatic carboxylic acids is 1. The van der Waals surface area contributed by atoms with Gasteiger partial charge in [0.05, 0.1) is 0 Å². The highest BCUT2D eigenvalue weighted by atomic mass is 35.5. The standard InChI is InChI=1S/C7H13ClO2/c1-5(3-6(2)8)4-7(9)10/h5-6H,3-4H2,1-2H3,(H,9,10). The summed E-state index contributed by atoms with van der Waals surface area (Å²) in [6.45, 7) is 3.77. The lowest BCUT2D eigenvalue weighted by Crippen LogP contribution is -2.07. The largest absolute Gasteiger partial charge is 0.481 e. The molecule has 0 saturated carbocycles. The molecule has 0 spiro atoms. The summed E-state index contributed by atoms with van der Waals surface area (Å²) in [4.78, 5) is 10.1. The molecule has 0 radical (unpaired) electrons. The van der Waals surface area contributed by atoms with Crippen molar-refractivity contribution in [1.29, 1.82) is 0 Å². The van der Waals surface area contributed by atoms with Crippen molar-refractivity contribution in [3.63, 3.8) is 0 Å². The van der Waals surface area contributed by atoms with Crippen LogP contribution in [-0.2, 0) is 4.79 Å². The maximum Gasteiger partial charge on any atom is 0.303 e. The van der Waals surface area contributed by atoms with Crippen molar-refractivity contribution in [1.82, 2.24) is 0 Å². The Morgan fingerprint density at radius 3 is 2.40 bits per heavy atom. The fraction of sp³-hybridized carbons (Fsp3) is 0.857. The van der Waals surface area contributed by atoms with Crippen molar-refractivity contribution in [3.05, 3.63) is 0 Å². The summed E-state index contributed by atoms with van der Waals surface area (Å²) in [6, 6.07) is 0. The molecule has 2 nitrogen and oxygen atoms in total. The van der Waals surface area contributed by atoms with Crippen LogP contribution in [0.25, 0.3) is 0 Å². The van der Waals surface area contributed by atoms with E-state index >= 15 is 0 Å². The van der Waals surface area contributed by atoms with Crippen LogP contribution in [0.15, 0.2) is 0 Å². The van der Waals surface area contributed by atoms with Crippen molar-refractivity contribution in [2.45, 2.75) is 32.1 Å². The molecule has 2 atom stereocenters. The normalized spacial score (nSPS) is 16.3. The molecule has 1 N–H and O–H groups in total. The molecular formula is C7H13ClO2. The third-order valence-corrected chi connectivity index (χ3v) is 1.43. The SMILES string of the molecule is CC(Cl)CC(C)CC(=O)O. The first-order chi connectivity index (χ1) is 4.52. The van der Waals surface area contributed by atoms with Crippen LogP contribution in [-0.4, -0.2) is 16.5 Å². The van der Waals surface area contributed by atoms with E-state index in [4.69, 9.17) is 16.7 Å². The second kappa shape index (κ2) is 4.56. The van der Waals surface area contributed by atoms with Crippen molar-refractivity contribution in [2.24, 2.45) is 5.92 Å². The third-order valence-electron chi connectivity index (χ3n) is 1.25. The summed E-state index contributed by atoms with van der Waals surface area (Å²) in [7, 11) is 0. The van der Waals surface area contributed by atoms with Crippen LogP contribution in [0.5, 0.6) is 0 Å². The van der Waals surface area contributed by atoms with Crippen molar-refractivity contribution >= 4 is 17.6 Å². The summed E-state index contributed by atoms with van der Waals surface area (Å²) in [5.41, 5.74) is 0. The van der Waals surface area contributed by atoms with Crippen molar-refractivity contribution < 1.29 is 9.90 Å². The number of carboxylic acids is 1. The number of hydrogen-bond donors (Lipinski definition) is 1. The Balaban J connectivity index is 3.43. The van der Waals surface area contributed by atoms with Gasteiger partial charge in [0.1, 0.15) is 0 Å². The predicted molar refractivity (Wildman–Crippen MR) is 41.3 cm³/mol. The number of carbonyl (C=O) groups is 1. The molecule has 0 heterocycles. The molecule has 0 aliphatic heterocycles. The van der Waals surface area contributed by atoms with Gasteiger partial charge in [-0.05, 0) is 19.3 Å². The number of rotatable bonds is 4. The predicted octanol–water partition coefficient (Wildman–Crippen LogP) is 2.11. The van der Waals surface area contributed by atoms with E-state index in [1.54, 1.807) is 0 Å². The van der Waals surface area contributed by atoms with Crippen LogP contribution in [0, 0.1) is 5.92 Å². The number of hydrogen-bond acceptors (Lipinski definition) is 1. The lowest BCUT2D eigenvalue weighted by molar-refractivity contribution is -0.138. The highest BCUT2D eigenvalue weighted by Gasteiger charge is 2.09. The van der Waals surface area contributed by atoms with E-state index in [9.17, 15) is 4.79 Å². The highest BCUT2D eigenvalue weighted by Crippen LogP contribution is 2.13. The molecule has 0 aromatic heterocycles. The molecule has 0 rings (SSSR count). The number of alkyl halides is 1. The number of halogens is 1. The highest BCUT2D eigenvalue weighted by molar-refractivity contribution is 6.20. The summed E-state index contributed by atoms with van der Waals surface area (Å²) < 4.78 is 0. The number of carboxylic acid groups (broad SMARTS) is 1. The fourth-order valence-electron chi connectivity index (χ4n) is 0.936. The second-order valence-electron chi connectivity index (χ2n) is 2.72. The van der Waals surface area contributed by atoms with E-state index in [0.717, 1.165) is 6.42 Å². The molecule has 0 bridgehead atoms. The first kappa shape index (κ1) is 9.76. The van der Waals surface area contributed by atoms with E-state index in [1.165, 1.54) is 0 Å². The Labute approximate surface area is 66.2 Å². The van der Waals surface area contributed by atoms with Crippen molar-refractivity contribution in [3.8, 4) is 0 Å². The molecule has 0 amide bonds. The van der Waals surface area contributed by atoms with Crippen LogP contribution in [0.1, 0.15) is 26.7 Å². The van der Waals surface area contributed by atoms with Gasteiger partial charge in [0, 0.05) is 11.8 Å². The Bertz CT molecular complexity index is 112. The average Bonchev–Trinajstić information content (AvgIpc) is 1.58. The van der Waals surface area contributed by atoms with Crippen LogP contribution >= 0.6 is 11.6 Å². The minimum absolute atomic E-state index is 0.0781. The topological polar surface area (TPSA) is 37.3 Å². The van der Waals surface area contributed by atoms with E-state index in [-0.39, 0.29) is 17.7 Å². The van der Waals surface area contributed by atoms with Gasteiger partial charge in [0.15, 0.2) is 0 Å². The van der Waals surface area contributed by atoms with Gasteiger partial charge in [-0.15, -0.1) is 11.6 Å². The van der Waals surface area contributed by atoms with Gasteiger partial charge in [-0.25, -0.2) is 0 Å². The Kier molecular flexibility index (Phi) is 4.45. The van der Waals surface area contributed by atoms with Gasteiger partial charge in [-0.2, -0.15) is 0 Å². The smallest absolute Gasteiger partial charge is 0.303 e. The Morgan fingerprint density at radius 1 is 1.60 bits per heavy atom. The van der Waals surface area contributed by atoms with Crippen LogP contribution in [0.4, 0.5) is 0 Å². The molecule has 0 aliphatic carbocycles. The zero-order valence-electron chi connectivity index (χ0n) is 6.30. The molecule has 3 heteroatoms. The molecular weight excluding hydrogens is 152 g/mol. The van der Waals surface area contributed by atoms with Crippen LogP contribution < -0.4 is 0 Å². The average molecular weight is 165 g/mol. The monoisotopic (exact) mass is 164 g/mol. The minimum Gasteiger partial charge on any atom is -0.481 e. The van der Waals surface area contributed by atoms with E-state index in [2.05, 4.69) is 0 Å². The van der Waals surface area contributed by atoms with E-state index in [1.807, 2.05) is 13.8 Å². The van der Waals surface area contributed by atoms with Gasteiger partial charge < -0.3 is 5.11 Å². The summed E-state index contributed by atoms with van der Waals surface area (Å²) in [5.74, 6) is -0.560. The lowest BCUT2D eigenvalue weighted by atomic mass is 10.0. The van der Waals surface area contributed by atoms with E-state index in [0.29, 0.717) is 0 Å². The first-order valence-corrected chi connectivity index (χ1v) is 3.82. The molecule has 60 valence electrons. The van der Waals surface area contributed by atoms with Gasteiger partial charge in [0.25, 0.3) is 0 Å². The Morgan fingerprint density at radius 2 is 2.10 bits per heavy atom. The maximum atomic E-state index is 10.1. The van der Waals surface area contributed by atoms with Gasteiger partial charge in [-0.3, -0.25) is 4.79 Å². The maximum absolute atomic E-state index is 10.1. The quantitative estimate of drug-likeness (QED) is 0.647. The van der Waals surface area contributed by atoms with Gasteiger partial charge in [0.2, 0.25) is 0 Å². The molecule has 0 aromatic carbocycles. The van der Waals surface area contributed by atoms with Crippen LogP contribution in [0.3, 0.4) is 0 Å². The molecule has 0 aromatic rings. The molecule has 0 saturated heterocycles. The first-order valence-electron chi connectivity index (χ1n) is 3.38. The van der Waals surface area contributed by atoms with E-state index < -0.39 is 5.97 Å². The fourth-order valence-corrected chi connectivity index (χ4v) is 1.24. The molecule has 0 aliphatic rings. The lowest BCUT2D eigenvalue weighted by Gasteiger charge is -2.08. The zero-order valence-corrected chi connectivity index (χ0v) is 7.06. The summed E-state index contributed by atoms with van der Waals surface area (Å²) in [5, 5.41) is 8.43. The third kappa shape index (κ3) is 5.89. The van der Waals surface area contributed by atoms with Crippen molar-refractivity contribution in [2.75, 3.05) is 0 Å². The minimum atomic E-state index is -0.746. The summed E-state index contributed by atoms with van der Waals surface area (Å²) >= 11 is 5.66. The van der Waals surface area contributed by atoms with Crippen LogP contribution in [0.2, 0.25) is 0 Å².